The second-order valence-corrected chi connectivity index (χ2v) is 9.15. The van der Waals surface area contributed by atoms with E-state index in [1.54, 1.807) is 23.7 Å². The highest BCUT2D eigenvalue weighted by Crippen LogP contribution is 2.37. The van der Waals surface area contributed by atoms with Crippen molar-refractivity contribution in [3.63, 3.8) is 0 Å². The largest absolute Gasteiger partial charge is 0.338 e. The van der Waals surface area contributed by atoms with E-state index in [2.05, 4.69) is 47.9 Å². The Morgan fingerprint density at radius 3 is 2.60 bits per heavy atom. The smallest absolute Gasteiger partial charge is 0.315 e. The Morgan fingerprint density at radius 2 is 1.90 bits per heavy atom. The molecule has 0 bridgehead atoms. The summed E-state index contributed by atoms with van der Waals surface area (Å²) in [5.74, 6) is 1.39. The van der Waals surface area contributed by atoms with Crippen LogP contribution in [0.3, 0.4) is 0 Å². The maximum atomic E-state index is 12.5. The Hall–Kier alpha value is -2.19. The molecule has 2 aromatic rings. The number of thiophene rings is 1. The highest BCUT2D eigenvalue weighted by molar-refractivity contribution is 7.10. The van der Waals surface area contributed by atoms with Gasteiger partial charge in [-0.15, -0.1) is 11.3 Å². The summed E-state index contributed by atoms with van der Waals surface area (Å²) >= 11 is 1.74. The molecule has 8 heteroatoms. The van der Waals surface area contributed by atoms with Gasteiger partial charge in [0.1, 0.15) is 0 Å². The van der Waals surface area contributed by atoms with Gasteiger partial charge < -0.3 is 15.5 Å². The number of piperazine rings is 1. The molecule has 4 rings (SSSR count). The minimum absolute atomic E-state index is 0.0358. The molecule has 1 saturated carbocycles. The number of hydrogen-bond acceptors (Lipinski definition) is 6. The molecule has 3 heterocycles. The summed E-state index contributed by atoms with van der Waals surface area (Å²) in [6.07, 6.45) is 9.52. The topological polar surface area (TPSA) is 73.4 Å². The van der Waals surface area contributed by atoms with E-state index in [1.807, 2.05) is 6.07 Å². The number of aromatic nitrogens is 2. The monoisotopic (exact) mass is 428 g/mol. The lowest BCUT2D eigenvalue weighted by atomic mass is 9.97. The molecule has 2 aromatic heterocycles. The predicted molar refractivity (Wildman–Crippen MR) is 121 cm³/mol. The summed E-state index contributed by atoms with van der Waals surface area (Å²) in [6.45, 7) is 5.61. The van der Waals surface area contributed by atoms with Gasteiger partial charge in [-0.3, -0.25) is 4.90 Å². The van der Waals surface area contributed by atoms with Gasteiger partial charge >= 0.3 is 6.03 Å². The van der Waals surface area contributed by atoms with Crippen LogP contribution in [0.5, 0.6) is 0 Å². The summed E-state index contributed by atoms with van der Waals surface area (Å²) in [4.78, 5) is 27.1. The second kappa shape index (κ2) is 10.7. The molecule has 1 aliphatic heterocycles. The molecule has 30 heavy (non-hydrogen) atoms. The number of urea groups is 1. The molecule has 2 aliphatic rings. The molecule has 0 spiro atoms. The predicted octanol–water partition coefficient (Wildman–Crippen LogP) is 3.28. The molecule has 0 radical (unpaired) electrons. The first-order valence-electron chi connectivity index (χ1n) is 11.1. The fourth-order valence-corrected chi connectivity index (χ4v) is 5.37. The van der Waals surface area contributed by atoms with Gasteiger partial charge in [-0.05, 0) is 49.2 Å². The first-order valence-corrected chi connectivity index (χ1v) is 12.0. The number of nitrogens with one attached hydrogen (secondary N) is 2. The number of amides is 2. The van der Waals surface area contributed by atoms with Crippen LogP contribution < -0.4 is 15.5 Å². The summed E-state index contributed by atoms with van der Waals surface area (Å²) in [6, 6.07) is 6.19. The van der Waals surface area contributed by atoms with Crippen molar-refractivity contribution in [2.24, 2.45) is 5.92 Å². The average Bonchev–Trinajstić information content (AvgIpc) is 3.51. The molecule has 2 fully saturated rings. The Bertz CT molecular complexity index is 757. The van der Waals surface area contributed by atoms with Crippen LogP contribution in [-0.4, -0.2) is 60.2 Å². The number of rotatable bonds is 8. The van der Waals surface area contributed by atoms with Gasteiger partial charge in [0.2, 0.25) is 5.95 Å². The first kappa shape index (κ1) is 21.1. The SMILES string of the molecule is O=C(NCCCN1CCN(c2ncccn2)CC1)NC(c1cccs1)C1CCCC1. The van der Waals surface area contributed by atoms with Crippen LogP contribution in [-0.2, 0) is 0 Å². The summed E-state index contributed by atoms with van der Waals surface area (Å²) in [5.41, 5.74) is 0. The highest BCUT2D eigenvalue weighted by Gasteiger charge is 2.28. The van der Waals surface area contributed by atoms with Crippen LogP contribution in [0.4, 0.5) is 10.7 Å². The molecule has 162 valence electrons. The van der Waals surface area contributed by atoms with Crippen molar-refractivity contribution in [2.45, 2.75) is 38.1 Å². The van der Waals surface area contributed by atoms with Gasteiger partial charge in [0.05, 0.1) is 6.04 Å². The van der Waals surface area contributed by atoms with E-state index in [0.717, 1.165) is 45.1 Å². The third-order valence-electron chi connectivity index (χ3n) is 6.15. The molecule has 7 nitrogen and oxygen atoms in total. The molecule has 1 atom stereocenters. The summed E-state index contributed by atoms with van der Waals surface area (Å²) in [7, 11) is 0. The average molecular weight is 429 g/mol. The van der Waals surface area contributed by atoms with Crippen LogP contribution in [0.15, 0.2) is 36.0 Å². The van der Waals surface area contributed by atoms with E-state index in [-0.39, 0.29) is 12.1 Å². The molecule has 1 unspecified atom stereocenters. The number of hydrogen-bond donors (Lipinski definition) is 2. The molecule has 2 N–H and O–H groups in total. The van der Waals surface area contributed by atoms with E-state index in [1.165, 1.54) is 30.6 Å². The van der Waals surface area contributed by atoms with Gasteiger partial charge in [0, 0.05) is 50.0 Å². The Balaban J connectivity index is 1.15. The number of nitrogens with zero attached hydrogens (tertiary/aromatic N) is 4. The molecule has 1 aliphatic carbocycles. The van der Waals surface area contributed by atoms with Crippen molar-refractivity contribution >= 4 is 23.3 Å². The number of carbonyl (C=O) groups excluding carboxylic acids is 1. The van der Waals surface area contributed by atoms with Crippen LogP contribution in [0.2, 0.25) is 0 Å². The van der Waals surface area contributed by atoms with E-state index in [4.69, 9.17) is 0 Å². The lowest BCUT2D eigenvalue weighted by molar-refractivity contribution is 0.228. The zero-order valence-electron chi connectivity index (χ0n) is 17.5. The molecule has 2 amide bonds. The summed E-state index contributed by atoms with van der Waals surface area (Å²) in [5, 5.41) is 8.42. The van der Waals surface area contributed by atoms with E-state index >= 15 is 0 Å². The van der Waals surface area contributed by atoms with Gasteiger partial charge in [-0.2, -0.15) is 0 Å². The quantitative estimate of drug-likeness (QED) is 0.631. The fourth-order valence-electron chi connectivity index (χ4n) is 4.50. The maximum Gasteiger partial charge on any atom is 0.315 e. The van der Waals surface area contributed by atoms with Crippen molar-refractivity contribution in [1.29, 1.82) is 0 Å². The molecule has 1 saturated heterocycles. The van der Waals surface area contributed by atoms with Crippen LogP contribution in [0, 0.1) is 5.92 Å². The number of carbonyl (C=O) groups is 1. The fraction of sp³-hybridized carbons (Fsp3) is 0.591. The van der Waals surface area contributed by atoms with Gasteiger partial charge in [-0.25, -0.2) is 14.8 Å². The molecular formula is C22H32N6OS. The molecular weight excluding hydrogens is 396 g/mol. The van der Waals surface area contributed by atoms with E-state index in [0.29, 0.717) is 12.5 Å². The summed E-state index contributed by atoms with van der Waals surface area (Å²) < 4.78 is 0. The van der Waals surface area contributed by atoms with Crippen molar-refractivity contribution < 1.29 is 4.79 Å². The van der Waals surface area contributed by atoms with Crippen molar-refractivity contribution in [3.8, 4) is 0 Å². The highest BCUT2D eigenvalue weighted by atomic mass is 32.1. The van der Waals surface area contributed by atoms with Crippen LogP contribution >= 0.6 is 11.3 Å². The Labute approximate surface area is 182 Å². The minimum atomic E-state index is -0.0358. The maximum absolute atomic E-state index is 12.5. The lowest BCUT2D eigenvalue weighted by Crippen LogP contribution is -2.47. The zero-order chi connectivity index (χ0) is 20.6. The second-order valence-electron chi connectivity index (χ2n) is 8.17. The number of anilines is 1. The normalized spacial score (nSPS) is 19.0. The van der Waals surface area contributed by atoms with E-state index < -0.39 is 0 Å². The van der Waals surface area contributed by atoms with Gasteiger partial charge in [0.15, 0.2) is 0 Å². The van der Waals surface area contributed by atoms with Crippen molar-refractivity contribution in [1.82, 2.24) is 25.5 Å². The van der Waals surface area contributed by atoms with E-state index in [9.17, 15) is 4.79 Å². The van der Waals surface area contributed by atoms with Gasteiger partial charge in [0.25, 0.3) is 0 Å². The first-order chi connectivity index (χ1) is 14.8. The lowest BCUT2D eigenvalue weighted by Gasteiger charge is -2.34. The van der Waals surface area contributed by atoms with Crippen molar-refractivity contribution in [2.75, 3.05) is 44.2 Å². The van der Waals surface area contributed by atoms with Gasteiger partial charge in [-0.1, -0.05) is 18.9 Å². The van der Waals surface area contributed by atoms with Crippen molar-refractivity contribution in [3.05, 3.63) is 40.8 Å². The Kier molecular flexibility index (Phi) is 7.53. The standard InChI is InChI=1S/C22H32N6OS/c29-22(26-20(18-6-1-2-7-18)19-8-3-17-30-19)25-11-5-12-27-13-15-28(16-14-27)21-23-9-4-10-24-21/h3-4,8-10,17-18,20H,1-2,5-7,11-16H2,(H2,25,26,29). The molecule has 0 aromatic carbocycles. The van der Waals surface area contributed by atoms with Crippen LogP contribution in [0.1, 0.15) is 43.0 Å². The third kappa shape index (κ3) is 5.70. The zero-order valence-corrected chi connectivity index (χ0v) is 18.3. The third-order valence-corrected chi connectivity index (χ3v) is 7.11. The van der Waals surface area contributed by atoms with Crippen LogP contribution in [0.25, 0.3) is 0 Å². The Morgan fingerprint density at radius 1 is 1.13 bits per heavy atom. The minimum Gasteiger partial charge on any atom is -0.338 e.